The third-order valence-electron chi connectivity index (χ3n) is 10.1. The number of ether oxygens (including phenoxy) is 1. The number of aromatic nitrogens is 1. The molecule has 1 aliphatic heterocycles. The largest absolute Gasteiger partial charge is 0.508 e. The number of piperidine rings is 1. The van der Waals surface area contributed by atoms with Gasteiger partial charge in [0.2, 0.25) is 11.8 Å². The number of benzene rings is 1. The zero-order valence-corrected chi connectivity index (χ0v) is 33.5. The first-order valence-electron chi connectivity index (χ1n) is 19.5. The Morgan fingerprint density at radius 3 is 2.32 bits per heavy atom. The summed E-state index contributed by atoms with van der Waals surface area (Å²) in [5, 5.41) is 31.0. The number of hydrogen-bond acceptors (Lipinski definition) is 9. The standard InChI is InChI=1S/C40H63N5O7S/c1-8-19-45(39(49)35(26(6)10-3)44-36(47)31-13-11-12-18-41-31)33(25(4)5)23-34(52-20-9-2)38-43-32(24-53-38)37(48)42-29(21-27(7)40(50)51)22-28-14-16-30(46)17-15-28/h14-17,24-27,29,31,33-35,41,46H,8-13,18-23H2,1-7H3,(H,42,48)(H,44,47)(H,50,51)/t26-,27-,29+,31+,33?,34+,35-/m0/s1. The van der Waals surface area contributed by atoms with E-state index in [1.54, 1.807) is 36.6 Å². The molecule has 12 nitrogen and oxygen atoms in total. The fraction of sp³-hybridized carbons (Fsp3) is 0.675. The number of nitrogens with zero attached hydrogens (tertiary/aromatic N) is 2. The summed E-state index contributed by atoms with van der Waals surface area (Å²) in [6, 6.07) is 4.96. The summed E-state index contributed by atoms with van der Waals surface area (Å²) >= 11 is 1.33. The maximum atomic E-state index is 14.5. The molecule has 1 aromatic carbocycles. The maximum absolute atomic E-state index is 14.5. The van der Waals surface area contributed by atoms with Crippen LogP contribution in [0.3, 0.4) is 0 Å². The van der Waals surface area contributed by atoms with E-state index >= 15 is 0 Å². The number of thiazole rings is 1. The summed E-state index contributed by atoms with van der Waals surface area (Å²) in [4.78, 5) is 59.9. The first-order chi connectivity index (χ1) is 25.3. The molecule has 3 rings (SSSR count). The monoisotopic (exact) mass is 757 g/mol. The Kier molecular flexibility index (Phi) is 18.2. The molecule has 13 heteroatoms. The van der Waals surface area contributed by atoms with Crippen LogP contribution in [-0.4, -0.2) is 87.7 Å². The van der Waals surface area contributed by atoms with Crippen molar-refractivity contribution in [1.29, 1.82) is 0 Å². The van der Waals surface area contributed by atoms with Gasteiger partial charge in [-0.1, -0.05) is 73.4 Å². The molecular formula is C40H63N5O7S. The fourth-order valence-corrected chi connectivity index (χ4v) is 7.65. The second kappa shape index (κ2) is 22.0. The van der Waals surface area contributed by atoms with Crippen LogP contribution < -0.4 is 16.0 Å². The van der Waals surface area contributed by atoms with Crippen LogP contribution in [0.25, 0.3) is 0 Å². The number of carboxylic acids is 1. The molecule has 2 aromatic rings. The van der Waals surface area contributed by atoms with E-state index < -0.39 is 36.0 Å². The minimum atomic E-state index is -0.948. The lowest BCUT2D eigenvalue weighted by Crippen LogP contribution is -2.58. The zero-order valence-electron chi connectivity index (χ0n) is 32.7. The number of carbonyl (C=O) groups excluding carboxylic acids is 3. The molecule has 3 amide bonds. The molecule has 2 heterocycles. The molecular weight excluding hydrogens is 695 g/mol. The number of carboxylic acid groups (broad SMARTS) is 1. The van der Waals surface area contributed by atoms with Crippen LogP contribution in [-0.2, 0) is 25.5 Å². The Morgan fingerprint density at radius 1 is 1.02 bits per heavy atom. The average molecular weight is 758 g/mol. The molecule has 296 valence electrons. The smallest absolute Gasteiger partial charge is 0.306 e. The summed E-state index contributed by atoms with van der Waals surface area (Å²) < 4.78 is 6.40. The lowest BCUT2D eigenvalue weighted by atomic mass is 9.92. The highest BCUT2D eigenvalue weighted by Crippen LogP contribution is 2.32. The first kappa shape index (κ1) is 43.9. The third-order valence-corrected chi connectivity index (χ3v) is 11.1. The van der Waals surface area contributed by atoms with Gasteiger partial charge in [-0.3, -0.25) is 19.2 Å². The summed E-state index contributed by atoms with van der Waals surface area (Å²) in [5.41, 5.74) is 1.07. The highest BCUT2D eigenvalue weighted by molar-refractivity contribution is 7.09. The minimum Gasteiger partial charge on any atom is -0.508 e. The minimum absolute atomic E-state index is 0.0612. The summed E-state index contributed by atoms with van der Waals surface area (Å²) in [5.74, 6) is -2.14. The van der Waals surface area contributed by atoms with E-state index in [9.17, 15) is 29.4 Å². The Morgan fingerprint density at radius 2 is 1.74 bits per heavy atom. The summed E-state index contributed by atoms with van der Waals surface area (Å²) in [7, 11) is 0. The van der Waals surface area contributed by atoms with Gasteiger partial charge in [0.25, 0.3) is 5.91 Å². The lowest BCUT2D eigenvalue weighted by Gasteiger charge is -2.39. The van der Waals surface area contributed by atoms with Gasteiger partial charge in [0, 0.05) is 37.0 Å². The Hall–Kier alpha value is -3.55. The van der Waals surface area contributed by atoms with Crippen LogP contribution >= 0.6 is 11.3 Å². The zero-order chi connectivity index (χ0) is 39.1. The number of nitrogens with one attached hydrogen (secondary N) is 3. The van der Waals surface area contributed by atoms with Crippen molar-refractivity contribution < 1.29 is 34.1 Å². The highest BCUT2D eigenvalue weighted by Gasteiger charge is 2.37. The molecule has 5 N–H and O–H groups in total. The van der Waals surface area contributed by atoms with Crippen LogP contribution in [0.15, 0.2) is 29.6 Å². The number of aliphatic carboxylic acids is 1. The fourth-order valence-electron chi connectivity index (χ4n) is 6.79. The van der Waals surface area contributed by atoms with E-state index in [1.807, 2.05) is 32.6 Å². The van der Waals surface area contributed by atoms with Crippen molar-refractivity contribution in [2.75, 3.05) is 19.7 Å². The Bertz CT molecular complexity index is 1450. The highest BCUT2D eigenvalue weighted by atomic mass is 32.1. The Labute approximate surface area is 319 Å². The lowest BCUT2D eigenvalue weighted by molar-refractivity contribution is -0.142. The van der Waals surface area contributed by atoms with Crippen LogP contribution in [0, 0.1) is 17.8 Å². The van der Waals surface area contributed by atoms with Gasteiger partial charge < -0.3 is 35.8 Å². The number of hydrogen-bond donors (Lipinski definition) is 5. The van der Waals surface area contributed by atoms with E-state index in [0.29, 0.717) is 31.0 Å². The van der Waals surface area contributed by atoms with Crippen LogP contribution in [0.5, 0.6) is 5.75 Å². The van der Waals surface area contributed by atoms with E-state index in [0.717, 1.165) is 50.6 Å². The van der Waals surface area contributed by atoms with Crippen LogP contribution in [0.4, 0.5) is 0 Å². The summed E-state index contributed by atoms with van der Waals surface area (Å²) in [6.45, 7) is 15.7. The topological polar surface area (TPSA) is 170 Å². The second-order valence-electron chi connectivity index (χ2n) is 14.9. The average Bonchev–Trinajstić information content (AvgIpc) is 3.64. The molecule has 1 unspecified atom stereocenters. The van der Waals surface area contributed by atoms with Gasteiger partial charge in [-0.25, -0.2) is 4.98 Å². The van der Waals surface area contributed by atoms with Gasteiger partial charge in [-0.05, 0) is 74.6 Å². The number of aromatic hydroxyl groups is 1. The normalized spacial score (nSPS) is 18.0. The van der Waals surface area contributed by atoms with Crippen molar-refractivity contribution in [3.8, 4) is 5.75 Å². The molecule has 1 aliphatic rings. The van der Waals surface area contributed by atoms with Crippen LogP contribution in [0.2, 0.25) is 0 Å². The molecule has 0 bridgehead atoms. The molecule has 53 heavy (non-hydrogen) atoms. The third kappa shape index (κ3) is 13.4. The van der Waals surface area contributed by atoms with E-state index in [2.05, 4.69) is 29.8 Å². The number of carbonyl (C=O) groups is 4. The second-order valence-corrected chi connectivity index (χ2v) is 15.8. The Balaban J connectivity index is 1.85. The van der Waals surface area contributed by atoms with Crippen LogP contribution in [0.1, 0.15) is 127 Å². The summed E-state index contributed by atoms with van der Waals surface area (Å²) in [6.07, 6.45) is 5.61. The molecule has 7 atom stereocenters. The number of phenols is 1. The molecule has 0 saturated carbocycles. The van der Waals surface area contributed by atoms with Gasteiger partial charge >= 0.3 is 5.97 Å². The quantitative estimate of drug-likeness (QED) is 0.0954. The van der Waals surface area contributed by atoms with Gasteiger partial charge in [-0.15, -0.1) is 11.3 Å². The van der Waals surface area contributed by atoms with Crippen molar-refractivity contribution in [3.63, 3.8) is 0 Å². The van der Waals surface area contributed by atoms with Crippen molar-refractivity contribution in [1.82, 2.24) is 25.8 Å². The van der Waals surface area contributed by atoms with Gasteiger partial charge in [0.15, 0.2) is 0 Å². The first-order valence-corrected chi connectivity index (χ1v) is 20.4. The SMILES string of the molecule is CCCO[C@H](CC(C(C)C)N(CCC)C(=O)[C@@H](NC(=O)[C@H]1CCCCN1)[C@@H](C)CC)c1nc(C(=O)N[C@@H](Cc2ccc(O)cc2)C[C@H](C)C(=O)O)cs1. The maximum Gasteiger partial charge on any atom is 0.306 e. The van der Waals surface area contributed by atoms with E-state index in [1.165, 1.54) is 11.3 Å². The predicted molar refractivity (Wildman–Crippen MR) is 208 cm³/mol. The molecule has 1 aromatic heterocycles. The predicted octanol–water partition coefficient (Wildman–Crippen LogP) is 6.09. The molecule has 0 radical (unpaired) electrons. The number of amides is 3. The molecule has 0 aliphatic carbocycles. The molecule has 1 fully saturated rings. The molecule has 0 spiro atoms. The van der Waals surface area contributed by atoms with Crippen molar-refractivity contribution in [3.05, 3.63) is 45.9 Å². The number of rotatable bonds is 22. The van der Waals surface area contributed by atoms with Crippen molar-refractivity contribution >= 4 is 35.0 Å². The van der Waals surface area contributed by atoms with E-state index in [-0.39, 0.29) is 53.6 Å². The van der Waals surface area contributed by atoms with Gasteiger partial charge in [-0.2, -0.15) is 0 Å². The van der Waals surface area contributed by atoms with E-state index in [4.69, 9.17) is 9.72 Å². The van der Waals surface area contributed by atoms with Gasteiger partial charge in [0.05, 0.1) is 12.0 Å². The van der Waals surface area contributed by atoms with Crippen molar-refractivity contribution in [2.45, 2.75) is 137 Å². The van der Waals surface area contributed by atoms with Crippen molar-refractivity contribution in [2.24, 2.45) is 17.8 Å². The van der Waals surface area contributed by atoms with Gasteiger partial charge in [0.1, 0.15) is 28.6 Å². The number of phenolic OH excluding ortho intramolecular Hbond substituents is 1. The molecule has 1 saturated heterocycles.